The van der Waals surface area contributed by atoms with Crippen LogP contribution in [-0.4, -0.2) is 20.9 Å². The summed E-state index contributed by atoms with van der Waals surface area (Å²) in [4.78, 5) is 4.37. The van der Waals surface area contributed by atoms with Crippen molar-refractivity contribution in [2.24, 2.45) is 0 Å². The lowest BCUT2D eigenvalue weighted by atomic mass is 10.1. The molecule has 1 N–H and O–H groups in total. The number of aromatic nitrogens is 3. The molecule has 0 spiro atoms. The van der Waals surface area contributed by atoms with Gasteiger partial charge >= 0.3 is 0 Å². The van der Waals surface area contributed by atoms with Crippen LogP contribution >= 0.6 is 11.8 Å². The average molecular weight is 185 g/mol. The molecular formula is C8H15N3S. The van der Waals surface area contributed by atoms with Crippen molar-refractivity contribution in [1.29, 1.82) is 0 Å². The van der Waals surface area contributed by atoms with E-state index >= 15 is 0 Å². The molecule has 0 aliphatic carbocycles. The zero-order chi connectivity index (χ0) is 8.97. The minimum Gasteiger partial charge on any atom is -0.254 e. The maximum atomic E-state index is 4.37. The molecule has 0 aliphatic rings. The first-order valence-electron chi connectivity index (χ1n) is 4.33. The summed E-state index contributed by atoms with van der Waals surface area (Å²) >= 11 is 1.69. The van der Waals surface area contributed by atoms with Gasteiger partial charge in [-0.15, -0.1) is 0 Å². The molecule has 0 fully saturated rings. The first kappa shape index (κ1) is 9.58. The predicted molar refractivity (Wildman–Crippen MR) is 51.5 cm³/mol. The SMILES string of the molecule is CCSc1nc(C(C)CC)n[nH]1. The Morgan fingerprint density at radius 1 is 1.50 bits per heavy atom. The van der Waals surface area contributed by atoms with Gasteiger partial charge in [0.05, 0.1) is 0 Å². The second-order valence-corrected chi connectivity index (χ2v) is 3.99. The van der Waals surface area contributed by atoms with Gasteiger partial charge in [-0.25, -0.2) is 4.98 Å². The number of hydrogen-bond acceptors (Lipinski definition) is 3. The number of aromatic amines is 1. The zero-order valence-electron chi connectivity index (χ0n) is 7.79. The number of hydrogen-bond donors (Lipinski definition) is 1. The van der Waals surface area contributed by atoms with Crippen molar-refractivity contribution in [3.8, 4) is 0 Å². The summed E-state index contributed by atoms with van der Waals surface area (Å²) in [5, 5.41) is 8.01. The van der Waals surface area contributed by atoms with E-state index in [2.05, 4.69) is 36.0 Å². The number of thioether (sulfide) groups is 1. The van der Waals surface area contributed by atoms with Crippen molar-refractivity contribution in [2.45, 2.75) is 38.3 Å². The number of nitrogens with zero attached hydrogens (tertiary/aromatic N) is 2. The van der Waals surface area contributed by atoms with E-state index in [1.807, 2.05) is 0 Å². The van der Waals surface area contributed by atoms with Crippen LogP contribution in [0.1, 0.15) is 38.9 Å². The van der Waals surface area contributed by atoms with Crippen LogP contribution in [0.4, 0.5) is 0 Å². The number of H-pyrrole nitrogens is 1. The predicted octanol–water partition coefficient (Wildman–Crippen LogP) is 2.43. The van der Waals surface area contributed by atoms with E-state index < -0.39 is 0 Å². The highest BCUT2D eigenvalue weighted by Gasteiger charge is 2.08. The summed E-state index contributed by atoms with van der Waals surface area (Å²) in [6.45, 7) is 6.40. The molecule has 1 aromatic heterocycles. The highest BCUT2D eigenvalue weighted by Crippen LogP contribution is 2.17. The van der Waals surface area contributed by atoms with E-state index in [0.29, 0.717) is 5.92 Å². The molecule has 4 heteroatoms. The van der Waals surface area contributed by atoms with Crippen LogP contribution in [0.3, 0.4) is 0 Å². The fourth-order valence-corrected chi connectivity index (χ4v) is 1.41. The van der Waals surface area contributed by atoms with Crippen LogP contribution < -0.4 is 0 Å². The molecule has 0 radical (unpaired) electrons. The molecule has 1 rings (SSSR count). The Balaban J connectivity index is 2.63. The molecule has 1 unspecified atom stereocenters. The summed E-state index contributed by atoms with van der Waals surface area (Å²) in [6.07, 6.45) is 1.09. The van der Waals surface area contributed by atoms with Crippen LogP contribution in [0.15, 0.2) is 5.16 Å². The summed E-state index contributed by atoms with van der Waals surface area (Å²) in [6, 6.07) is 0. The van der Waals surface area contributed by atoms with Gasteiger partial charge in [-0.2, -0.15) is 5.10 Å². The van der Waals surface area contributed by atoms with Gasteiger partial charge in [0.1, 0.15) is 0 Å². The van der Waals surface area contributed by atoms with Crippen LogP contribution in [-0.2, 0) is 0 Å². The lowest BCUT2D eigenvalue weighted by molar-refractivity contribution is 0.681. The largest absolute Gasteiger partial charge is 0.254 e. The molecule has 0 aromatic carbocycles. The van der Waals surface area contributed by atoms with E-state index in [0.717, 1.165) is 23.2 Å². The van der Waals surface area contributed by atoms with Gasteiger partial charge in [0.2, 0.25) is 0 Å². The molecule has 0 bridgehead atoms. The van der Waals surface area contributed by atoms with Gasteiger partial charge in [-0.3, -0.25) is 5.10 Å². The normalized spacial score (nSPS) is 13.2. The Bertz CT molecular complexity index is 234. The molecule has 68 valence electrons. The average Bonchev–Trinajstić information content (AvgIpc) is 2.52. The third-order valence-corrected chi connectivity index (χ3v) is 2.56. The van der Waals surface area contributed by atoms with Crippen LogP contribution in [0.25, 0.3) is 0 Å². The highest BCUT2D eigenvalue weighted by atomic mass is 32.2. The van der Waals surface area contributed by atoms with E-state index in [1.165, 1.54) is 0 Å². The lowest BCUT2D eigenvalue weighted by Crippen LogP contribution is -1.93. The Hall–Kier alpha value is -0.510. The van der Waals surface area contributed by atoms with Gasteiger partial charge in [0.15, 0.2) is 11.0 Å². The van der Waals surface area contributed by atoms with Gasteiger partial charge in [-0.1, -0.05) is 32.5 Å². The fraction of sp³-hybridized carbons (Fsp3) is 0.750. The summed E-state index contributed by atoms with van der Waals surface area (Å²) < 4.78 is 0. The highest BCUT2D eigenvalue weighted by molar-refractivity contribution is 7.99. The van der Waals surface area contributed by atoms with E-state index in [9.17, 15) is 0 Å². The quantitative estimate of drug-likeness (QED) is 0.732. The second kappa shape index (κ2) is 4.50. The molecule has 3 nitrogen and oxygen atoms in total. The Kier molecular flexibility index (Phi) is 3.59. The van der Waals surface area contributed by atoms with Crippen molar-refractivity contribution in [3.05, 3.63) is 5.82 Å². The fourth-order valence-electron chi connectivity index (χ4n) is 0.863. The van der Waals surface area contributed by atoms with Gasteiger partial charge < -0.3 is 0 Å². The van der Waals surface area contributed by atoms with E-state index in [1.54, 1.807) is 11.8 Å². The third-order valence-electron chi connectivity index (χ3n) is 1.82. The molecule has 1 aromatic rings. The Morgan fingerprint density at radius 2 is 2.25 bits per heavy atom. The Morgan fingerprint density at radius 3 is 2.83 bits per heavy atom. The monoisotopic (exact) mass is 185 g/mol. The first-order valence-corrected chi connectivity index (χ1v) is 5.31. The number of nitrogens with one attached hydrogen (secondary N) is 1. The van der Waals surface area contributed by atoms with Crippen molar-refractivity contribution < 1.29 is 0 Å². The molecule has 0 saturated heterocycles. The standard InChI is InChI=1S/C8H15N3S/c1-4-6(3)7-9-8(11-10-7)12-5-2/h6H,4-5H2,1-3H3,(H,9,10,11). The van der Waals surface area contributed by atoms with Gasteiger partial charge in [-0.05, 0) is 12.2 Å². The number of rotatable bonds is 4. The molecular weight excluding hydrogens is 170 g/mol. The Labute approximate surface area is 77.4 Å². The molecule has 0 amide bonds. The lowest BCUT2D eigenvalue weighted by Gasteiger charge is -1.99. The van der Waals surface area contributed by atoms with Gasteiger partial charge in [0.25, 0.3) is 0 Å². The molecule has 0 aliphatic heterocycles. The zero-order valence-corrected chi connectivity index (χ0v) is 8.61. The van der Waals surface area contributed by atoms with Crippen LogP contribution in [0, 0.1) is 0 Å². The van der Waals surface area contributed by atoms with Crippen LogP contribution in [0.2, 0.25) is 0 Å². The van der Waals surface area contributed by atoms with Gasteiger partial charge in [0, 0.05) is 5.92 Å². The maximum Gasteiger partial charge on any atom is 0.183 e. The molecule has 12 heavy (non-hydrogen) atoms. The maximum absolute atomic E-state index is 4.37. The van der Waals surface area contributed by atoms with E-state index in [4.69, 9.17) is 0 Å². The van der Waals surface area contributed by atoms with Crippen LogP contribution in [0.5, 0.6) is 0 Å². The first-order chi connectivity index (χ1) is 5.77. The van der Waals surface area contributed by atoms with Crippen molar-refractivity contribution in [1.82, 2.24) is 15.2 Å². The summed E-state index contributed by atoms with van der Waals surface area (Å²) in [5.41, 5.74) is 0. The molecule has 1 heterocycles. The van der Waals surface area contributed by atoms with Crippen molar-refractivity contribution >= 4 is 11.8 Å². The third kappa shape index (κ3) is 2.24. The minimum absolute atomic E-state index is 0.465. The summed E-state index contributed by atoms with van der Waals surface area (Å²) in [7, 11) is 0. The topological polar surface area (TPSA) is 41.6 Å². The van der Waals surface area contributed by atoms with Crippen molar-refractivity contribution in [2.75, 3.05) is 5.75 Å². The van der Waals surface area contributed by atoms with Crippen molar-refractivity contribution in [3.63, 3.8) is 0 Å². The summed E-state index contributed by atoms with van der Waals surface area (Å²) in [5.74, 6) is 2.44. The second-order valence-electron chi connectivity index (χ2n) is 2.74. The van der Waals surface area contributed by atoms with E-state index in [-0.39, 0.29) is 0 Å². The molecule has 0 saturated carbocycles. The molecule has 1 atom stereocenters. The minimum atomic E-state index is 0.465. The smallest absolute Gasteiger partial charge is 0.183 e.